The summed E-state index contributed by atoms with van der Waals surface area (Å²) in [6, 6.07) is 7.63. The Labute approximate surface area is 118 Å². The second kappa shape index (κ2) is 5.95. The highest BCUT2D eigenvalue weighted by Gasteiger charge is 2.10. The molecule has 0 fully saturated rings. The molecule has 0 atom stereocenters. The Morgan fingerprint density at radius 3 is 2.80 bits per heavy atom. The molecular formula is C17H20O3. The number of hydrogen-bond donors (Lipinski definition) is 0. The first-order valence-electron chi connectivity index (χ1n) is 6.84. The molecule has 0 bridgehead atoms. The van der Waals surface area contributed by atoms with Crippen LogP contribution in [0.25, 0.3) is 11.0 Å². The fourth-order valence-corrected chi connectivity index (χ4v) is 2.07. The number of hydrogen-bond acceptors (Lipinski definition) is 3. The minimum atomic E-state index is -0.422. The Morgan fingerprint density at radius 2 is 2.15 bits per heavy atom. The van der Waals surface area contributed by atoms with Crippen LogP contribution in [0.5, 0.6) is 5.75 Å². The normalized spacial score (nSPS) is 11.0. The number of para-hydroxylation sites is 1. The molecule has 1 aromatic heterocycles. The van der Waals surface area contributed by atoms with Crippen LogP contribution < -0.4 is 10.4 Å². The van der Waals surface area contributed by atoms with Gasteiger partial charge in [-0.3, -0.25) is 0 Å². The van der Waals surface area contributed by atoms with Crippen LogP contribution >= 0.6 is 0 Å². The van der Waals surface area contributed by atoms with Gasteiger partial charge in [-0.15, -0.1) is 6.58 Å². The van der Waals surface area contributed by atoms with Crippen molar-refractivity contribution in [3.63, 3.8) is 0 Å². The molecular weight excluding hydrogens is 252 g/mol. The van der Waals surface area contributed by atoms with Gasteiger partial charge >= 0.3 is 5.63 Å². The number of benzene rings is 1. The molecule has 1 heterocycles. The van der Waals surface area contributed by atoms with Gasteiger partial charge in [0.15, 0.2) is 0 Å². The van der Waals surface area contributed by atoms with E-state index in [0.717, 1.165) is 29.4 Å². The Bertz CT molecular complexity index is 680. The number of aryl methyl sites for hydroxylation is 1. The van der Waals surface area contributed by atoms with Crippen molar-refractivity contribution in [3.05, 3.63) is 52.4 Å². The van der Waals surface area contributed by atoms with Crippen LogP contribution in [0, 0.1) is 0 Å². The van der Waals surface area contributed by atoms with Gasteiger partial charge < -0.3 is 9.15 Å². The minimum absolute atomic E-state index is 0.0538. The molecule has 0 aliphatic heterocycles. The van der Waals surface area contributed by atoms with E-state index in [9.17, 15) is 4.79 Å². The molecule has 0 radical (unpaired) electrons. The first-order valence-corrected chi connectivity index (χ1v) is 6.84. The van der Waals surface area contributed by atoms with Crippen molar-refractivity contribution in [2.45, 2.75) is 39.7 Å². The van der Waals surface area contributed by atoms with Gasteiger partial charge in [0.25, 0.3) is 0 Å². The maximum Gasteiger partial charge on any atom is 0.379 e. The molecule has 0 aliphatic carbocycles. The lowest BCUT2D eigenvalue weighted by Gasteiger charge is -2.10. The van der Waals surface area contributed by atoms with Crippen LogP contribution in [0.3, 0.4) is 0 Å². The molecule has 0 aliphatic rings. The van der Waals surface area contributed by atoms with Crippen molar-refractivity contribution in [2.75, 3.05) is 0 Å². The number of allylic oxidation sites excluding steroid dienone is 1. The summed E-state index contributed by atoms with van der Waals surface area (Å²) in [5.41, 5.74) is 2.37. The van der Waals surface area contributed by atoms with E-state index < -0.39 is 5.63 Å². The fraction of sp³-hybridized carbons (Fsp3) is 0.353. The molecule has 3 heteroatoms. The van der Waals surface area contributed by atoms with Crippen LogP contribution in [0.15, 0.2) is 45.6 Å². The summed E-state index contributed by atoms with van der Waals surface area (Å²) in [6.45, 7) is 9.66. The van der Waals surface area contributed by atoms with Crippen LogP contribution in [0.1, 0.15) is 32.8 Å². The molecule has 106 valence electrons. The summed E-state index contributed by atoms with van der Waals surface area (Å²) in [5.74, 6) is 0.268. The monoisotopic (exact) mass is 272 g/mol. The van der Waals surface area contributed by atoms with Gasteiger partial charge in [0, 0.05) is 5.39 Å². The third-order valence-corrected chi connectivity index (χ3v) is 2.99. The Morgan fingerprint density at radius 1 is 1.40 bits per heavy atom. The molecule has 2 rings (SSSR count). The summed E-state index contributed by atoms with van der Waals surface area (Å²) in [5, 5.41) is 0.888. The van der Waals surface area contributed by atoms with Gasteiger partial charge in [-0.2, -0.15) is 0 Å². The van der Waals surface area contributed by atoms with Gasteiger partial charge in [-0.05, 0) is 45.2 Å². The van der Waals surface area contributed by atoms with Crippen molar-refractivity contribution in [1.29, 1.82) is 0 Å². The highest BCUT2D eigenvalue weighted by Crippen LogP contribution is 2.23. The van der Waals surface area contributed by atoms with Gasteiger partial charge in [0.1, 0.15) is 5.58 Å². The van der Waals surface area contributed by atoms with Crippen molar-refractivity contribution in [3.8, 4) is 5.75 Å². The largest absolute Gasteiger partial charge is 0.484 e. The third kappa shape index (κ3) is 3.29. The lowest BCUT2D eigenvalue weighted by molar-refractivity contribution is 0.232. The molecule has 0 saturated carbocycles. The lowest BCUT2D eigenvalue weighted by Crippen LogP contribution is -2.13. The first-order chi connectivity index (χ1) is 9.47. The van der Waals surface area contributed by atoms with Gasteiger partial charge in [0.05, 0.1) is 6.10 Å². The van der Waals surface area contributed by atoms with Crippen LogP contribution in [0.2, 0.25) is 0 Å². The van der Waals surface area contributed by atoms with E-state index >= 15 is 0 Å². The summed E-state index contributed by atoms with van der Waals surface area (Å²) < 4.78 is 10.9. The Hall–Kier alpha value is -2.03. The zero-order valence-electron chi connectivity index (χ0n) is 12.2. The summed E-state index contributed by atoms with van der Waals surface area (Å²) in [6.07, 6.45) is 1.65. The van der Waals surface area contributed by atoms with E-state index in [1.807, 2.05) is 39.0 Å². The predicted octanol–water partition coefficient (Wildman–Crippen LogP) is 4.09. The summed E-state index contributed by atoms with van der Waals surface area (Å²) >= 11 is 0. The zero-order valence-corrected chi connectivity index (χ0v) is 12.2. The van der Waals surface area contributed by atoms with Crippen molar-refractivity contribution < 1.29 is 9.15 Å². The maximum atomic E-state index is 11.9. The minimum Gasteiger partial charge on any atom is -0.484 e. The summed E-state index contributed by atoms with van der Waals surface area (Å²) in [4.78, 5) is 11.9. The SMILES string of the molecule is C=C(C)CCc1cccc2cc(OC(C)C)c(=O)oc12. The Kier molecular flexibility index (Phi) is 4.28. The summed E-state index contributed by atoms with van der Waals surface area (Å²) in [7, 11) is 0. The topological polar surface area (TPSA) is 39.4 Å². The average Bonchev–Trinajstić information content (AvgIpc) is 2.36. The quantitative estimate of drug-likeness (QED) is 0.608. The van der Waals surface area contributed by atoms with Crippen molar-refractivity contribution in [1.82, 2.24) is 0 Å². The van der Waals surface area contributed by atoms with Crippen LogP contribution in [0.4, 0.5) is 0 Å². The molecule has 0 amide bonds. The highest BCUT2D eigenvalue weighted by atomic mass is 16.5. The van der Waals surface area contributed by atoms with E-state index in [1.54, 1.807) is 6.07 Å². The first kappa shape index (κ1) is 14.4. The van der Waals surface area contributed by atoms with Gasteiger partial charge in [0.2, 0.25) is 5.75 Å². The van der Waals surface area contributed by atoms with Gasteiger partial charge in [-0.25, -0.2) is 4.79 Å². The maximum absolute atomic E-state index is 11.9. The van der Waals surface area contributed by atoms with Crippen LogP contribution in [-0.2, 0) is 6.42 Å². The molecule has 3 nitrogen and oxygen atoms in total. The molecule has 2 aromatic rings. The molecule has 20 heavy (non-hydrogen) atoms. The lowest BCUT2D eigenvalue weighted by atomic mass is 10.0. The molecule has 1 aromatic carbocycles. The van der Waals surface area contributed by atoms with E-state index in [0.29, 0.717) is 5.58 Å². The standard InChI is InChI=1S/C17H20O3/c1-11(2)8-9-13-6-5-7-14-10-15(19-12(3)4)17(18)20-16(13)14/h5-7,10,12H,1,8-9H2,2-4H3. The zero-order chi connectivity index (χ0) is 14.7. The Balaban J connectivity index is 2.45. The van der Waals surface area contributed by atoms with Crippen LogP contribution in [-0.4, -0.2) is 6.10 Å². The van der Waals surface area contributed by atoms with E-state index in [2.05, 4.69) is 6.58 Å². The fourth-order valence-electron chi connectivity index (χ4n) is 2.07. The van der Waals surface area contributed by atoms with E-state index in [4.69, 9.17) is 9.15 Å². The smallest absolute Gasteiger partial charge is 0.379 e. The van der Waals surface area contributed by atoms with Gasteiger partial charge in [-0.1, -0.05) is 23.8 Å². The highest BCUT2D eigenvalue weighted by molar-refractivity contribution is 5.80. The number of rotatable bonds is 5. The number of fused-ring (bicyclic) bond motifs is 1. The average molecular weight is 272 g/mol. The third-order valence-electron chi connectivity index (χ3n) is 2.99. The molecule has 0 unspecified atom stereocenters. The van der Waals surface area contributed by atoms with Crippen molar-refractivity contribution in [2.24, 2.45) is 0 Å². The second-order valence-corrected chi connectivity index (χ2v) is 5.36. The van der Waals surface area contributed by atoms with Crippen molar-refractivity contribution >= 4 is 11.0 Å². The predicted molar refractivity (Wildman–Crippen MR) is 81.4 cm³/mol. The molecule has 0 saturated heterocycles. The van der Waals surface area contributed by atoms with E-state index in [1.165, 1.54) is 0 Å². The molecule has 0 spiro atoms. The van der Waals surface area contributed by atoms with E-state index in [-0.39, 0.29) is 11.9 Å². The number of ether oxygens (including phenoxy) is 1. The second-order valence-electron chi connectivity index (χ2n) is 5.36. The molecule has 0 N–H and O–H groups in total.